The SMILES string of the molecule is CC(Cc1cccs1)N(C)CCCC(C)(C)C(N)=NO. The Morgan fingerprint density at radius 3 is 2.80 bits per heavy atom. The summed E-state index contributed by atoms with van der Waals surface area (Å²) in [5.41, 5.74) is 5.46. The summed E-state index contributed by atoms with van der Waals surface area (Å²) in [6.45, 7) is 7.30. The normalized spacial score (nSPS) is 14.8. The third kappa shape index (κ3) is 5.13. The molecule has 114 valence electrons. The Bertz CT molecular complexity index is 415. The molecule has 0 aliphatic carbocycles. The molecular weight excluding hydrogens is 270 g/mol. The Labute approximate surface area is 126 Å². The Balaban J connectivity index is 2.34. The molecule has 0 spiro atoms. The first-order valence-electron chi connectivity index (χ1n) is 7.07. The van der Waals surface area contributed by atoms with Gasteiger partial charge in [-0.15, -0.1) is 11.3 Å². The smallest absolute Gasteiger partial charge is 0.144 e. The maximum absolute atomic E-state index is 8.76. The van der Waals surface area contributed by atoms with Gasteiger partial charge in [-0.25, -0.2) is 0 Å². The third-order valence-corrected chi connectivity index (χ3v) is 4.84. The molecule has 0 saturated carbocycles. The van der Waals surface area contributed by atoms with Crippen LogP contribution in [-0.2, 0) is 6.42 Å². The standard InChI is InChI=1S/C15H27N3OS/c1-12(11-13-7-5-10-20-13)18(4)9-6-8-15(2,3)14(16)17-19/h5,7,10,12,19H,6,8-9,11H2,1-4H3,(H2,16,17). The summed E-state index contributed by atoms with van der Waals surface area (Å²) < 4.78 is 0. The monoisotopic (exact) mass is 297 g/mol. The predicted octanol–water partition coefficient (Wildman–Crippen LogP) is 3.16. The maximum atomic E-state index is 8.76. The quantitative estimate of drug-likeness (QED) is 0.335. The zero-order valence-electron chi connectivity index (χ0n) is 13.0. The molecule has 1 unspecified atom stereocenters. The fourth-order valence-electron chi connectivity index (χ4n) is 2.13. The van der Waals surface area contributed by atoms with E-state index in [1.54, 1.807) is 0 Å². The van der Waals surface area contributed by atoms with Crippen molar-refractivity contribution in [2.75, 3.05) is 13.6 Å². The molecule has 0 saturated heterocycles. The fraction of sp³-hybridized carbons (Fsp3) is 0.667. The Morgan fingerprint density at radius 1 is 1.55 bits per heavy atom. The summed E-state index contributed by atoms with van der Waals surface area (Å²) in [6, 6.07) is 4.82. The van der Waals surface area contributed by atoms with Crippen LogP contribution in [0, 0.1) is 5.41 Å². The molecule has 20 heavy (non-hydrogen) atoms. The van der Waals surface area contributed by atoms with Crippen molar-refractivity contribution < 1.29 is 5.21 Å². The van der Waals surface area contributed by atoms with Crippen LogP contribution in [0.1, 0.15) is 38.5 Å². The summed E-state index contributed by atoms with van der Waals surface area (Å²) in [5.74, 6) is 0.312. The molecule has 0 aromatic carbocycles. The second kappa shape index (κ2) is 7.64. The van der Waals surface area contributed by atoms with E-state index in [1.165, 1.54) is 4.88 Å². The van der Waals surface area contributed by atoms with Crippen LogP contribution in [0.15, 0.2) is 22.7 Å². The predicted molar refractivity (Wildman–Crippen MR) is 86.5 cm³/mol. The van der Waals surface area contributed by atoms with Crippen LogP contribution < -0.4 is 5.73 Å². The molecule has 5 heteroatoms. The Kier molecular flexibility index (Phi) is 6.49. The van der Waals surface area contributed by atoms with Crippen LogP contribution in [0.4, 0.5) is 0 Å². The lowest BCUT2D eigenvalue weighted by Gasteiger charge is -2.27. The van der Waals surface area contributed by atoms with E-state index in [0.717, 1.165) is 25.8 Å². The van der Waals surface area contributed by atoms with Gasteiger partial charge in [0, 0.05) is 16.3 Å². The second-order valence-electron chi connectivity index (χ2n) is 6.09. The van der Waals surface area contributed by atoms with Gasteiger partial charge in [0.05, 0.1) is 0 Å². The Morgan fingerprint density at radius 2 is 2.25 bits per heavy atom. The first-order chi connectivity index (χ1) is 9.36. The zero-order valence-corrected chi connectivity index (χ0v) is 13.8. The molecule has 4 nitrogen and oxygen atoms in total. The van der Waals surface area contributed by atoms with Gasteiger partial charge in [0.2, 0.25) is 0 Å². The van der Waals surface area contributed by atoms with Gasteiger partial charge in [-0.05, 0) is 51.2 Å². The minimum absolute atomic E-state index is 0.243. The van der Waals surface area contributed by atoms with E-state index >= 15 is 0 Å². The van der Waals surface area contributed by atoms with Crippen LogP contribution in [0.3, 0.4) is 0 Å². The lowest BCUT2D eigenvalue weighted by molar-refractivity contribution is 0.241. The minimum atomic E-state index is -0.243. The van der Waals surface area contributed by atoms with Gasteiger partial charge >= 0.3 is 0 Å². The van der Waals surface area contributed by atoms with Crippen molar-refractivity contribution in [1.82, 2.24) is 4.90 Å². The van der Waals surface area contributed by atoms with Crippen molar-refractivity contribution in [2.24, 2.45) is 16.3 Å². The highest BCUT2D eigenvalue weighted by Gasteiger charge is 2.23. The van der Waals surface area contributed by atoms with Gasteiger partial charge in [0.15, 0.2) is 0 Å². The molecule has 1 heterocycles. The second-order valence-corrected chi connectivity index (χ2v) is 7.12. The maximum Gasteiger partial charge on any atom is 0.144 e. The molecule has 0 fully saturated rings. The summed E-state index contributed by atoms with van der Waals surface area (Å²) in [5, 5.41) is 14.0. The van der Waals surface area contributed by atoms with Crippen molar-refractivity contribution in [1.29, 1.82) is 0 Å². The average molecular weight is 297 g/mol. The third-order valence-electron chi connectivity index (χ3n) is 3.94. The molecule has 0 aliphatic heterocycles. The number of nitrogens with two attached hydrogens (primary N) is 1. The Hall–Kier alpha value is -1.07. The van der Waals surface area contributed by atoms with Crippen LogP contribution in [0.5, 0.6) is 0 Å². The van der Waals surface area contributed by atoms with Gasteiger partial charge in [-0.1, -0.05) is 25.1 Å². The molecule has 1 aromatic heterocycles. The molecule has 0 bridgehead atoms. The highest BCUT2D eigenvalue weighted by Crippen LogP contribution is 2.23. The first kappa shape index (κ1) is 17.0. The summed E-state index contributed by atoms with van der Waals surface area (Å²) in [4.78, 5) is 3.81. The van der Waals surface area contributed by atoms with Crippen LogP contribution in [-0.4, -0.2) is 35.6 Å². The lowest BCUT2D eigenvalue weighted by atomic mass is 9.86. The number of hydrogen-bond acceptors (Lipinski definition) is 4. The van der Waals surface area contributed by atoms with Crippen molar-refractivity contribution in [2.45, 2.75) is 46.1 Å². The summed E-state index contributed by atoms with van der Waals surface area (Å²) >= 11 is 1.82. The van der Waals surface area contributed by atoms with Crippen LogP contribution in [0.25, 0.3) is 0 Å². The number of thiophene rings is 1. The summed E-state index contributed by atoms with van der Waals surface area (Å²) in [7, 11) is 2.16. The highest BCUT2D eigenvalue weighted by molar-refractivity contribution is 7.09. The first-order valence-corrected chi connectivity index (χ1v) is 7.95. The van der Waals surface area contributed by atoms with E-state index in [4.69, 9.17) is 10.9 Å². The van der Waals surface area contributed by atoms with E-state index in [9.17, 15) is 0 Å². The van der Waals surface area contributed by atoms with Gasteiger partial charge < -0.3 is 15.8 Å². The number of rotatable bonds is 8. The molecule has 0 amide bonds. The number of hydrogen-bond donors (Lipinski definition) is 2. The molecule has 1 aromatic rings. The van der Waals surface area contributed by atoms with E-state index in [2.05, 4.69) is 41.5 Å². The van der Waals surface area contributed by atoms with E-state index in [-0.39, 0.29) is 5.41 Å². The van der Waals surface area contributed by atoms with Crippen LogP contribution in [0.2, 0.25) is 0 Å². The average Bonchev–Trinajstić information content (AvgIpc) is 2.90. The lowest BCUT2D eigenvalue weighted by Crippen LogP contribution is -2.35. The van der Waals surface area contributed by atoms with Crippen molar-refractivity contribution >= 4 is 17.2 Å². The van der Waals surface area contributed by atoms with Crippen molar-refractivity contribution in [3.05, 3.63) is 22.4 Å². The van der Waals surface area contributed by atoms with E-state index in [1.807, 2.05) is 25.2 Å². The number of amidine groups is 1. The fourth-order valence-corrected chi connectivity index (χ4v) is 2.96. The highest BCUT2D eigenvalue weighted by atomic mass is 32.1. The minimum Gasteiger partial charge on any atom is -0.409 e. The topological polar surface area (TPSA) is 61.8 Å². The van der Waals surface area contributed by atoms with E-state index in [0.29, 0.717) is 11.9 Å². The molecular formula is C15H27N3OS. The molecule has 1 atom stereocenters. The van der Waals surface area contributed by atoms with E-state index < -0.39 is 0 Å². The van der Waals surface area contributed by atoms with Crippen molar-refractivity contribution in [3.8, 4) is 0 Å². The summed E-state index contributed by atoms with van der Waals surface area (Å²) in [6.07, 6.45) is 3.05. The number of nitrogens with zero attached hydrogens (tertiary/aromatic N) is 2. The zero-order chi connectivity index (χ0) is 15.2. The molecule has 0 aliphatic rings. The molecule has 3 N–H and O–H groups in total. The van der Waals surface area contributed by atoms with Crippen LogP contribution >= 0.6 is 11.3 Å². The molecule has 0 radical (unpaired) electrons. The number of likely N-dealkylation sites (N-methyl/N-ethyl adjacent to an activating group) is 1. The van der Waals surface area contributed by atoms with Gasteiger partial charge in [0.1, 0.15) is 5.84 Å². The van der Waals surface area contributed by atoms with Gasteiger partial charge in [-0.2, -0.15) is 0 Å². The molecule has 1 rings (SSSR count). The van der Waals surface area contributed by atoms with Crippen molar-refractivity contribution in [3.63, 3.8) is 0 Å². The largest absolute Gasteiger partial charge is 0.409 e. The van der Waals surface area contributed by atoms with Gasteiger partial charge in [0.25, 0.3) is 0 Å². The number of oxime groups is 1. The van der Waals surface area contributed by atoms with Gasteiger partial charge in [-0.3, -0.25) is 0 Å².